The van der Waals surface area contributed by atoms with E-state index in [0.717, 1.165) is 6.20 Å². The molecule has 88 valence electrons. The van der Waals surface area contributed by atoms with E-state index in [4.69, 9.17) is 5.73 Å². The van der Waals surface area contributed by atoms with Crippen LogP contribution in [-0.2, 0) is 6.18 Å². The number of nitrogens with two attached hydrogens (primary N) is 1. The Labute approximate surface area is 93.6 Å². The lowest BCUT2D eigenvalue weighted by molar-refractivity contribution is -0.140. The smallest absolute Gasteiger partial charge is 0.382 e. The Morgan fingerprint density at radius 3 is 2.29 bits per heavy atom. The predicted molar refractivity (Wildman–Crippen MR) is 52.5 cm³/mol. The van der Waals surface area contributed by atoms with Gasteiger partial charge in [-0.15, -0.1) is 0 Å². The summed E-state index contributed by atoms with van der Waals surface area (Å²) in [5.74, 6) is -0.655. The van der Waals surface area contributed by atoms with E-state index in [-0.39, 0.29) is 5.69 Å². The van der Waals surface area contributed by atoms with E-state index in [2.05, 4.69) is 19.9 Å². The fourth-order valence-corrected chi connectivity index (χ4v) is 1.18. The van der Waals surface area contributed by atoms with Gasteiger partial charge in [0, 0.05) is 18.0 Å². The number of hydrogen-bond acceptors (Lipinski definition) is 5. The Morgan fingerprint density at radius 1 is 1.06 bits per heavy atom. The van der Waals surface area contributed by atoms with E-state index in [9.17, 15) is 13.2 Å². The number of alkyl halides is 3. The summed E-state index contributed by atoms with van der Waals surface area (Å²) in [6, 6.07) is 0. The van der Waals surface area contributed by atoms with Crippen molar-refractivity contribution in [2.75, 3.05) is 5.73 Å². The van der Waals surface area contributed by atoms with Crippen LogP contribution in [0.15, 0.2) is 24.9 Å². The lowest BCUT2D eigenvalue weighted by Crippen LogP contribution is -2.13. The average molecular weight is 241 g/mol. The minimum absolute atomic E-state index is 0.0205. The number of nitrogen functional groups attached to an aromatic ring is 1. The molecule has 0 radical (unpaired) electrons. The second-order valence-electron chi connectivity index (χ2n) is 3.11. The molecule has 0 unspecified atom stereocenters. The highest BCUT2D eigenvalue weighted by Crippen LogP contribution is 2.32. The minimum Gasteiger partial charge on any atom is -0.382 e. The van der Waals surface area contributed by atoms with Crippen LogP contribution in [-0.4, -0.2) is 19.9 Å². The van der Waals surface area contributed by atoms with E-state index in [1.807, 2.05) is 0 Å². The van der Waals surface area contributed by atoms with Crippen molar-refractivity contribution in [1.29, 1.82) is 0 Å². The molecule has 0 spiro atoms. The van der Waals surface area contributed by atoms with Gasteiger partial charge in [0.15, 0.2) is 11.5 Å². The predicted octanol–water partition coefficient (Wildman–Crippen LogP) is 1.53. The Balaban J connectivity index is 2.53. The molecule has 0 bridgehead atoms. The van der Waals surface area contributed by atoms with Gasteiger partial charge in [-0.05, 0) is 0 Å². The standard InChI is InChI=1S/C9H6F3N5/c10-9(11,12)7-8(13)16-3-6(17-7)5-1-14-4-15-2-5/h1-4H,(H2,13,16). The molecule has 0 aliphatic heterocycles. The zero-order valence-electron chi connectivity index (χ0n) is 8.31. The molecule has 0 atom stereocenters. The molecule has 0 amide bonds. The number of halogens is 3. The zero-order valence-corrected chi connectivity index (χ0v) is 8.31. The second kappa shape index (κ2) is 3.96. The summed E-state index contributed by atoms with van der Waals surface area (Å²) in [6.07, 6.45) is 0.450. The average Bonchev–Trinajstić information content (AvgIpc) is 2.29. The van der Waals surface area contributed by atoms with Crippen LogP contribution in [0.5, 0.6) is 0 Å². The first-order valence-corrected chi connectivity index (χ1v) is 4.43. The molecule has 0 aliphatic rings. The lowest BCUT2D eigenvalue weighted by atomic mass is 10.2. The molecule has 8 heteroatoms. The van der Waals surface area contributed by atoms with Gasteiger partial charge in [-0.1, -0.05) is 0 Å². The van der Waals surface area contributed by atoms with Gasteiger partial charge >= 0.3 is 6.18 Å². The summed E-state index contributed by atoms with van der Waals surface area (Å²) in [5, 5.41) is 0. The molecular weight excluding hydrogens is 235 g/mol. The first kappa shape index (κ1) is 11.2. The van der Waals surface area contributed by atoms with Gasteiger partial charge in [0.25, 0.3) is 0 Å². The van der Waals surface area contributed by atoms with Gasteiger partial charge in [-0.2, -0.15) is 13.2 Å². The van der Waals surface area contributed by atoms with Crippen molar-refractivity contribution in [3.05, 3.63) is 30.6 Å². The quantitative estimate of drug-likeness (QED) is 0.819. The summed E-state index contributed by atoms with van der Waals surface area (Å²) >= 11 is 0. The van der Waals surface area contributed by atoms with E-state index in [1.165, 1.54) is 18.7 Å². The Hall–Kier alpha value is -2.25. The first-order valence-electron chi connectivity index (χ1n) is 4.43. The van der Waals surface area contributed by atoms with Crippen LogP contribution in [0.4, 0.5) is 19.0 Å². The Kier molecular flexibility index (Phi) is 2.62. The van der Waals surface area contributed by atoms with E-state index in [1.54, 1.807) is 0 Å². The number of aromatic nitrogens is 4. The summed E-state index contributed by atoms with van der Waals surface area (Å²) in [7, 11) is 0. The van der Waals surface area contributed by atoms with Crippen LogP contribution in [0.25, 0.3) is 11.3 Å². The molecule has 2 rings (SSSR count). The lowest BCUT2D eigenvalue weighted by Gasteiger charge is -2.09. The third-order valence-electron chi connectivity index (χ3n) is 1.93. The van der Waals surface area contributed by atoms with E-state index < -0.39 is 17.7 Å². The molecule has 17 heavy (non-hydrogen) atoms. The number of rotatable bonds is 1. The van der Waals surface area contributed by atoms with Gasteiger partial charge in [0.1, 0.15) is 6.33 Å². The van der Waals surface area contributed by atoms with Crippen LogP contribution >= 0.6 is 0 Å². The fourth-order valence-electron chi connectivity index (χ4n) is 1.18. The van der Waals surface area contributed by atoms with Gasteiger partial charge < -0.3 is 5.73 Å². The van der Waals surface area contributed by atoms with Crippen molar-refractivity contribution in [3.63, 3.8) is 0 Å². The minimum atomic E-state index is -4.64. The molecule has 2 N–H and O–H groups in total. The highest BCUT2D eigenvalue weighted by atomic mass is 19.4. The van der Waals surface area contributed by atoms with Crippen molar-refractivity contribution in [2.45, 2.75) is 6.18 Å². The number of nitrogens with zero attached hydrogens (tertiary/aromatic N) is 4. The van der Waals surface area contributed by atoms with Crippen LogP contribution in [0.1, 0.15) is 5.69 Å². The normalized spacial score (nSPS) is 11.5. The Bertz CT molecular complexity index is 526. The van der Waals surface area contributed by atoms with Crippen LogP contribution in [0.3, 0.4) is 0 Å². The highest BCUT2D eigenvalue weighted by molar-refractivity contribution is 5.57. The molecule has 0 saturated carbocycles. The van der Waals surface area contributed by atoms with E-state index >= 15 is 0 Å². The molecule has 2 aromatic heterocycles. The summed E-state index contributed by atoms with van der Waals surface area (Å²) < 4.78 is 37.6. The first-order chi connectivity index (χ1) is 7.98. The van der Waals surface area contributed by atoms with Crippen molar-refractivity contribution in [3.8, 4) is 11.3 Å². The highest BCUT2D eigenvalue weighted by Gasteiger charge is 2.36. The number of anilines is 1. The fraction of sp³-hybridized carbons (Fsp3) is 0.111. The van der Waals surface area contributed by atoms with Gasteiger partial charge in [0.2, 0.25) is 0 Å². The maximum Gasteiger partial charge on any atom is 0.437 e. The topological polar surface area (TPSA) is 77.6 Å². The van der Waals surface area contributed by atoms with E-state index in [0.29, 0.717) is 5.56 Å². The van der Waals surface area contributed by atoms with Gasteiger partial charge in [0.05, 0.1) is 11.9 Å². The van der Waals surface area contributed by atoms with Crippen molar-refractivity contribution in [1.82, 2.24) is 19.9 Å². The molecular formula is C9H6F3N5. The Morgan fingerprint density at radius 2 is 1.71 bits per heavy atom. The maximum absolute atomic E-state index is 12.5. The second-order valence-corrected chi connectivity index (χ2v) is 3.11. The largest absolute Gasteiger partial charge is 0.437 e. The maximum atomic E-state index is 12.5. The SMILES string of the molecule is Nc1ncc(-c2cncnc2)nc1C(F)(F)F. The zero-order chi connectivity index (χ0) is 12.5. The molecule has 2 aromatic rings. The third kappa shape index (κ3) is 2.30. The summed E-state index contributed by atoms with van der Waals surface area (Å²) in [5.41, 5.74) is 4.28. The van der Waals surface area contributed by atoms with Crippen molar-refractivity contribution in [2.24, 2.45) is 0 Å². The third-order valence-corrected chi connectivity index (χ3v) is 1.93. The molecule has 0 aromatic carbocycles. The molecule has 0 fully saturated rings. The van der Waals surface area contributed by atoms with Crippen molar-refractivity contribution < 1.29 is 13.2 Å². The summed E-state index contributed by atoms with van der Waals surface area (Å²) in [4.78, 5) is 14.3. The molecule has 5 nitrogen and oxygen atoms in total. The number of hydrogen-bond donors (Lipinski definition) is 1. The van der Waals surface area contributed by atoms with Crippen LogP contribution < -0.4 is 5.73 Å². The van der Waals surface area contributed by atoms with Gasteiger partial charge in [-0.25, -0.2) is 19.9 Å². The summed E-state index contributed by atoms with van der Waals surface area (Å²) in [6.45, 7) is 0. The van der Waals surface area contributed by atoms with Gasteiger partial charge in [-0.3, -0.25) is 0 Å². The molecule has 2 heterocycles. The van der Waals surface area contributed by atoms with Crippen LogP contribution in [0, 0.1) is 0 Å². The van der Waals surface area contributed by atoms with Crippen LogP contribution in [0.2, 0.25) is 0 Å². The monoisotopic (exact) mass is 241 g/mol. The van der Waals surface area contributed by atoms with Crippen molar-refractivity contribution >= 4 is 5.82 Å². The molecule has 0 aliphatic carbocycles. The molecule has 0 saturated heterocycles.